The van der Waals surface area contributed by atoms with Crippen LogP contribution in [0.25, 0.3) is 0 Å². The van der Waals surface area contributed by atoms with Crippen LogP contribution in [0.4, 0.5) is 10.8 Å². The Morgan fingerprint density at radius 1 is 1.45 bits per heavy atom. The lowest BCUT2D eigenvalue weighted by molar-refractivity contribution is 0.102. The number of thiazole rings is 1. The summed E-state index contributed by atoms with van der Waals surface area (Å²) >= 11 is 1.41. The fourth-order valence-electron chi connectivity index (χ4n) is 1.63. The van der Waals surface area contributed by atoms with E-state index in [-0.39, 0.29) is 5.91 Å². The fraction of sp³-hybridized carbons (Fsp3) is 0.286. The molecule has 106 valence electrons. The van der Waals surface area contributed by atoms with Gasteiger partial charge < -0.3 is 10.5 Å². The Morgan fingerprint density at radius 2 is 2.20 bits per heavy atom. The number of hydrogen-bond acceptors (Lipinski definition) is 5. The Morgan fingerprint density at radius 3 is 2.80 bits per heavy atom. The summed E-state index contributed by atoms with van der Waals surface area (Å²) in [5, 5.41) is 5.32. The zero-order valence-corrected chi connectivity index (χ0v) is 12.5. The molecule has 0 radical (unpaired) electrons. The molecule has 0 aliphatic rings. The molecular weight excluding hydrogens is 274 g/mol. The van der Waals surface area contributed by atoms with Crippen LogP contribution in [0.1, 0.15) is 35.8 Å². The van der Waals surface area contributed by atoms with Gasteiger partial charge in [0.2, 0.25) is 0 Å². The van der Waals surface area contributed by atoms with Crippen molar-refractivity contribution in [1.82, 2.24) is 4.98 Å². The lowest BCUT2D eigenvalue weighted by Crippen LogP contribution is -2.12. The monoisotopic (exact) mass is 291 g/mol. The van der Waals surface area contributed by atoms with Crippen LogP contribution >= 0.6 is 11.3 Å². The largest absolute Gasteiger partial charge is 0.495 e. The summed E-state index contributed by atoms with van der Waals surface area (Å²) in [5.74, 6) is 0.598. The average Bonchev–Trinajstić information content (AvgIpc) is 2.88. The van der Waals surface area contributed by atoms with E-state index in [2.05, 4.69) is 24.1 Å². The second-order valence-corrected chi connectivity index (χ2v) is 5.50. The van der Waals surface area contributed by atoms with Gasteiger partial charge in [-0.05, 0) is 24.1 Å². The van der Waals surface area contributed by atoms with Crippen LogP contribution in [-0.4, -0.2) is 18.0 Å². The van der Waals surface area contributed by atoms with E-state index < -0.39 is 0 Å². The maximum absolute atomic E-state index is 12.1. The van der Waals surface area contributed by atoms with Gasteiger partial charge in [-0.15, -0.1) is 11.3 Å². The first kappa shape index (κ1) is 14.3. The van der Waals surface area contributed by atoms with E-state index in [1.165, 1.54) is 18.4 Å². The molecule has 2 aromatic rings. The van der Waals surface area contributed by atoms with E-state index >= 15 is 0 Å². The Labute approximate surface area is 121 Å². The van der Waals surface area contributed by atoms with Gasteiger partial charge in [-0.25, -0.2) is 4.98 Å². The van der Waals surface area contributed by atoms with Gasteiger partial charge >= 0.3 is 0 Å². The second-order valence-electron chi connectivity index (χ2n) is 4.64. The number of nitrogens with zero attached hydrogens (tertiary/aromatic N) is 1. The van der Waals surface area contributed by atoms with Crippen molar-refractivity contribution in [2.45, 2.75) is 19.8 Å². The van der Waals surface area contributed by atoms with Gasteiger partial charge in [0.05, 0.1) is 18.5 Å². The first-order chi connectivity index (χ1) is 9.51. The molecular formula is C14H17N3O2S. The highest BCUT2D eigenvalue weighted by molar-refractivity contribution is 7.14. The van der Waals surface area contributed by atoms with E-state index in [4.69, 9.17) is 10.5 Å². The Kier molecular flexibility index (Phi) is 4.24. The second kappa shape index (κ2) is 5.92. The molecule has 0 aliphatic carbocycles. The average molecular weight is 291 g/mol. The number of nitrogen functional groups attached to an aromatic ring is 1. The fourth-order valence-corrected chi connectivity index (χ4v) is 2.50. The van der Waals surface area contributed by atoms with Crippen LogP contribution < -0.4 is 15.8 Å². The highest BCUT2D eigenvalue weighted by Crippen LogP contribution is 2.24. The van der Waals surface area contributed by atoms with Crippen LogP contribution in [0.15, 0.2) is 23.6 Å². The van der Waals surface area contributed by atoms with E-state index in [0.29, 0.717) is 28.0 Å². The number of anilines is 2. The number of ether oxygens (including phenoxy) is 1. The minimum absolute atomic E-state index is 0.229. The standard InChI is InChI=1S/C14H17N3O2S/c1-8(2)11-7-20-14(16-11)17-13(18)9-4-5-10(15)12(6-9)19-3/h4-8H,15H2,1-3H3,(H,16,17,18). The molecule has 6 heteroatoms. The van der Waals surface area contributed by atoms with Crippen molar-refractivity contribution < 1.29 is 9.53 Å². The predicted octanol–water partition coefficient (Wildman–Crippen LogP) is 3.11. The topological polar surface area (TPSA) is 77.2 Å². The van der Waals surface area contributed by atoms with Crippen molar-refractivity contribution in [1.29, 1.82) is 0 Å². The minimum Gasteiger partial charge on any atom is -0.495 e. The molecule has 20 heavy (non-hydrogen) atoms. The van der Waals surface area contributed by atoms with E-state index in [1.54, 1.807) is 18.2 Å². The molecule has 1 amide bonds. The number of amides is 1. The molecule has 0 bridgehead atoms. The number of aromatic nitrogens is 1. The maximum atomic E-state index is 12.1. The van der Waals surface area contributed by atoms with Crippen LogP contribution in [0, 0.1) is 0 Å². The molecule has 1 aromatic carbocycles. The zero-order valence-electron chi connectivity index (χ0n) is 11.6. The Balaban J connectivity index is 2.15. The normalized spacial score (nSPS) is 10.6. The molecule has 3 N–H and O–H groups in total. The van der Waals surface area contributed by atoms with Crippen LogP contribution in [0.5, 0.6) is 5.75 Å². The summed E-state index contributed by atoms with van der Waals surface area (Å²) in [6.45, 7) is 4.12. The third kappa shape index (κ3) is 3.08. The van der Waals surface area contributed by atoms with Crippen LogP contribution in [-0.2, 0) is 0 Å². The number of carbonyl (C=O) groups is 1. The first-order valence-corrected chi connectivity index (χ1v) is 7.09. The van der Waals surface area contributed by atoms with E-state index in [0.717, 1.165) is 5.69 Å². The summed E-state index contributed by atoms with van der Waals surface area (Å²) in [7, 11) is 1.52. The van der Waals surface area contributed by atoms with Gasteiger partial charge in [0, 0.05) is 10.9 Å². The smallest absolute Gasteiger partial charge is 0.257 e. The Hall–Kier alpha value is -2.08. The number of benzene rings is 1. The summed E-state index contributed by atoms with van der Waals surface area (Å²) in [6, 6.07) is 4.92. The van der Waals surface area contributed by atoms with Crippen LogP contribution in [0.3, 0.4) is 0 Å². The molecule has 1 heterocycles. The number of nitrogens with two attached hydrogens (primary N) is 1. The third-order valence-electron chi connectivity index (χ3n) is 2.83. The molecule has 2 rings (SSSR count). The van der Waals surface area contributed by atoms with E-state index in [1.807, 2.05) is 5.38 Å². The maximum Gasteiger partial charge on any atom is 0.257 e. The minimum atomic E-state index is -0.229. The van der Waals surface area contributed by atoms with Gasteiger partial charge in [0.1, 0.15) is 5.75 Å². The highest BCUT2D eigenvalue weighted by atomic mass is 32.1. The van der Waals surface area contributed by atoms with Gasteiger partial charge in [0.25, 0.3) is 5.91 Å². The SMILES string of the molecule is COc1cc(C(=O)Nc2nc(C(C)C)cs2)ccc1N. The number of methoxy groups -OCH3 is 1. The van der Waals surface area contributed by atoms with Crippen LogP contribution in [0.2, 0.25) is 0 Å². The van der Waals surface area contributed by atoms with Crippen molar-refractivity contribution in [3.63, 3.8) is 0 Å². The predicted molar refractivity (Wildman–Crippen MR) is 81.6 cm³/mol. The number of carbonyl (C=O) groups excluding carboxylic acids is 1. The van der Waals surface area contributed by atoms with Crippen molar-refractivity contribution >= 4 is 28.1 Å². The van der Waals surface area contributed by atoms with Gasteiger partial charge in [-0.2, -0.15) is 0 Å². The molecule has 0 saturated carbocycles. The summed E-state index contributed by atoms with van der Waals surface area (Å²) in [5.41, 5.74) is 7.68. The van der Waals surface area contributed by atoms with Crippen molar-refractivity contribution in [2.24, 2.45) is 0 Å². The number of rotatable bonds is 4. The first-order valence-electron chi connectivity index (χ1n) is 6.21. The molecule has 0 spiro atoms. The van der Waals surface area contributed by atoms with E-state index in [9.17, 15) is 4.79 Å². The van der Waals surface area contributed by atoms with Crippen molar-refractivity contribution in [3.05, 3.63) is 34.8 Å². The van der Waals surface area contributed by atoms with Crippen molar-refractivity contribution in [2.75, 3.05) is 18.2 Å². The third-order valence-corrected chi connectivity index (χ3v) is 3.61. The number of hydrogen-bond donors (Lipinski definition) is 2. The molecule has 5 nitrogen and oxygen atoms in total. The van der Waals surface area contributed by atoms with Gasteiger partial charge in [-0.1, -0.05) is 13.8 Å². The lowest BCUT2D eigenvalue weighted by Gasteiger charge is -2.07. The lowest BCUT2D eigenvalue weighted by atomic mass is 10.2. The summed E-state index contributed by atoms with van der Waals surface area (Å²) in [6.07, 6.45) is 0. The molecule has 1 aromatic heterocycles. The quantitative estimate of drug-likeness (QED) is 0.848. The summed E-state index contributed by atoms with van der Waals surface area (Å²) in [4.78, 5) is 16.5. The molecule has 0 saturated heterocycles. The highest BCUT2D eigenvalue weighted by Gasteiger charge is 2.12. The molecule has 0 unspecified atom stereocenters. The molecule has 0 aliphatic heterocycles. The van der Waals surface area contributed by atoms with Gasteiger partial charge in [0.15, 0.2) is 5.13 Å². The summed E-state index contributed by atoms with van der Waals surface area (Å²) < 4.78 is 5.10. The zero-order chi connectivity index (χ0) is 14.7. The molecule has 0 atom stereocenters. The van der Waals surface area contributed by atoms with Gasteiger partial charge in [-0.3, -0.25) is 10.1 Å². The Bertz CT molecular complexity index is 623. The molecule has 0 fully saturated rings. The number of nitrogens with one attached hydrogen (secondary N) is 1. The van der Waals surface area contributed by atoms with Crippen molar-refractivity contribution in [3.8, 4) is 5.75 Å².